The fourth-order valence-electron chi connectivity index (χ4n) is 4.78. The number of benzene rings is 1. The zero-order valence-electron chi connectivity index (χ0n) is 20.0. The minimum Gasteiger partial charge on any atom is -0.450 e. The molecule has 34 heavy (non-hydrogen) atoms. The van der Waals surface area contributed by atoms with Crippen molar-refractivity contribution >= 4 is 32.9 Å². The molecule has 0 spiro atoms. The van der Waals surface area contributed by atoms with E-state index in [-0.39, 0.29) is 12.0 Å². The third-order valence-electron chi connectivity index (χ3n) is 6.79. The third-order valence-corrected chi connectivity index (χ3v) is 8.68. The van der Waals surface area contributed by atoms with E-state index in [1.807, 2.05) is 23.8 Å². The molecule has 2 amide bonds. The van der Waals surface area contributed by atoms with E-state index in [0.29, 0.717) is 50.8 Å². The van der Waals surface area contributed by atoms with Crippen LogP contribution >= 0.6 is 0 Å². The largest absolute Gasteiger partial charge is 0.450 e. The van der Waals surface area contributed by atoms with Crippen LogP contribution in [0.4, 0.5) is 4.79 Å². The average molecular weight is 491 g/mol. The number of amides is 2. The first kappa shape index (κ1) is 24.5. The van der Waals surface area contributed by atoms with Crippen LogP contribution in [0, 0.1) is 0 Å². The molecule has 2 aromatic rings. The van der Waals surface area contributed by atoms with Crippen LogP contribution in [0.3, 0.4) is 0 Å². The smallest absolute Gasteiger partial charge is 0.409 e. The minimum absolute atomic E-state index is 0.0257. The Morgan fingerprint density at radius 2 is 1.59 bits per heavy atom. The van der Waals surface area contributed by atoms with Crippen molar-refractivity contribution in [2.45, 2.75) is 50.5 Å². The van der Waals surface area contributed by atoms with E-state index in [2.05, 4.69) is 0 Å². The van der Waals surface area contributed by atoms with Crippen molar-refractivity contribution in [1.29, 1.82) is 0 Å². The van der Waals surface area contributed by atoms with E-state index >= 15 is 0 Å². The zero-order valence-corrected chi connectivity index (χ0v) is 20.8. The predicted octanol–water partition coefficient (Wildman–Crippen LogP) is 3.07. The maximum Gasteiger partial charge on any atom is 0.409 e. The minimum atomic E-state index is -3.53. The van der Waals surface area contributed by atoms with Crippen LogP contribution in [-0.2, 0) is 19.6 Å². The second-order valence-electron chi connectivity index (χ2n) is 8.95. The molecule has 1 atom stereocenters. The van der Waals surface area contributed by atoms with Crippen LogP contribution in [0.1, 0.15) is 45.6 Å². The Bertz CT molecular complexity index is 1130. The van der Waals surface area contributed by atoms with Gasteiger partial charge >= 0.3 is 6.09 Å². The van der Waals surface area contributed by atoms with Crippen LogP contribution in [0.2, 0.25) is 0 Å². The number of nitrogens with zero attached hydrogens (tertiary/aromatic N) is 4. The first-order valence-electron chi connectivity index (χ1n) is 12.1. The van der Waals surface area contributed by atoms with Gasteiger partial charge in [0.2, 0.25) is 15.9 Å². The Morgan fingerprint density at radius 3 is 2.24 bits per heavy atom. The SMILES string of the molecule is CCOC(=O)N1CCN(C(=O)C(C)n2ccc3cc(S(=O)(=O)N4CCCCCC4)ccc32)CC1. The zero-order chi connectivity index (χ0) is 24.3. The van der Waals surface area contributed by atoms with Gasteiger partial charge in [0.15, 0.2) is 0 Å². The van der Waals surface area contributed by atoms with Gasteiger partial charge in [-0.1, -0.05) is 12.8 Å². The Hall–Kier alpha value is -2.59. The summed E-state index contributed by atoms with van der Waals surface area (Å²) in [7, 11) is -3.53. The highest BCUT2D eigenvalue weighted by atomic mass is 32.2. The van der Waals surface area contributed by atoms with E-state index < -0.39 is 16.1 Å². The van der Waals surface area contributed by atoms with Gasteiger partial charge in [0.05, 0.1) is 11.5 Å². The molecule has 0 saturated carbocycles. The van der Waals surface area contributed by atoms with E-state index in [0.717, 1.165) is 36.6 Å². The summed E-state index contributed by atoms with van der Waals surface area (Å²) in [6.45, 7) is 6.89. The lowest BCUT2D eigenvalue weighted by atomic mass is 10.2. The summed E-state index contributed by atoms with van der Waals surface area (Å²) in [5.74, 6) is -0.0257. The highest BCUT2D eigenvalue weighted by Gasteiger charge is 2.29. The molecule has 2 saturated heterocycles. The first-order valence-corrected chi connectivity index (χ1v) is 13.6. The fraction of sp³-hybridized carbons (Fsp3) is 0.583. The second-order valence-corrected chi connectivity index (χ2v) is 10.9. The van der Waals surface area contributed by atoms with E-state index in [1.54, 1.807) is 39.2 Å². The number of piperazine rings is 1. The Morgan fingerprint density at radius 1 is 0.941 bits per heavy atom. The highest BCUT2D eigenvalue weighted by molar-refractivity contribution is 7.89. The molecule has 4 rings (SSSR count). The number of carbonyl (C=O) groups excluding carboxylic acids is 2. The third kappa shape index (κ3) is 4.93. The number of sulfonamides is 1. The van der Waals surface area contributed by atoms with Crippen molar-refractivity contribution in [3.8, 4) is 0 Å². The lowest BCUT2D eigenvalue weighted by molar-refractivity contribution is -0.135. The van der Waals surface area contributed by atoms with Crippen molar-refractivity contribution in [1.82, 2.24) is 18.7 Å². The average Bonchev–Trinajstić information content (AvgIpc) is 3.06. The topological polar surface area (TPSA) is 92.2 Å². The van der Waals surface area contributed by atoms with Crippen molar-refractivity contribution in [3.63, 3.8) is 0 Å². The van der Waals surface area contributed by atoms with E-state index in [9.17, 15) is 18.0 Å². The normalized spacial score (nSPS) is 19.1. The summed E-state index contributed by atoms with van der Waals surface area (Å²) in [6.07, 6.45) is 5.42. The molecule has 1 aromatic heterocycles. The van der Waals surface area contributed by atoms with Gasteiger partial charge in [-0.2, -0.15) is 4.31 Å². The van der Waals surface area contributed by atoms with Gasteiger partial charge in [-0.15, -0.1) is 0 Å². The van der Waals surface area contributed by atoms with Gasteiger partial charge < -0.3 is 19.1 Å². The molecule has 1 aromatic carbocycles. The van der Waals surface area contributed by atoms with E-state index in [1.165, 1.54) is 0 Å². The number of fused-ring (bicyclic) bond motifs is 1. The van der Waals surface area contributed by atoms with Gasteiger partial charge in [0, 0.05) is 56.4 Å². The summed E-state index contributed by atoms with van der Waals surface area (Å²) in [4.78, 5) is 28.8. The molecule has 0 aliphatic carbocycles. The molecule has 2 fully saturated rings. The molecule has 9 nitrogen and oxygen atoms in total. The molecule has 0 N–H and O–H groups in total. The maximum absolute atomic E-state index is 13.2. The van der Waals surface area contributed by atoms with Gasteiger partial charge in [-0.05, 0) is 51.0 Å². The lowest BCUT2D eigenvalue weighted by Crippen LogP contribution is -2.52. The quantitative estimate of drug-likeness (QED) is 0.642. The number of hydrogen-bond donors (Lipinski definition) is 0. The molecule has 10 heteroatoms. The summed E-state index contributed by atoms with van der Waals surface area (Å²) in [5, 5.41) is 0.794. The van der Waals surface area contributed by atoms with Gasteiger partial charge in [-0.3, -0.25) is 4.79 Å². The number of ether oxygens (including phenoxy) is 1. The van der Waals surface area contributed by atoms with Gasteiger partial charge in [0.1, 0.15) is 6.04 Å². The van der Waals surface area contributed by atoms with Crippen LogP contribution in [-0.4, -0.2) is 85.0 Å². The van der Waals surface area contributed by atoms with Gasteiger partial charge in [0.25, 0.3) is 0 Å². The fourth-order valence-corrected chi connectivity index (χ4v) is 6.33. The van der Waals surface area contributed by atoms with E-state index in [4.69, 9.17) is 4.74 Å². The van der Waals surface area contributed by atoms with Crippen LogP contribution in [0.15, 0.2) is 35.4 Å². The Kier molecular flexibility index (Phi) is 7.47. The van der Waals surface area contributed by atoms with Crippen molar-refractivity contribution in [3.05, 3.63) is 30.5 Å². The maximum atomic E-state index is 13.2. The number of rotatable bonds is 5. The lowest BCUT2D eigenvalue weighted by Gasteiger charge is -2.35. The standard InChI is InChI=1S/C24H34N4O5S/c1-3-33-24(30)26-16-14-25(15-17-26)23(29)19(2)28-13-10-20-18-21(8-9-22(20)28)34(31,32)27-11-6-4-5-7-12-27/h8-10,13,18-19H,3-7,11-12,14-17H2,1-2H3. The summed E-state index contributed by atoms with van der Waals surface area (Å²) in [6, 6.07) is 6.57. The molecule has 186 valence electrons. The summed E-state index contributed by atoms with van der Waals surface area (Å²) in [5.41, 5.74) is 0.820. The van der Waals surface area contributed by atoms with Crippen LogP contribution in [0.25, 0.3) is 10.9 Å². The summed E-state index contributed by atoms with van der Waals surface area (Å²) >= 11 is 0. The molecular weight excluding hydrogens is 456 g/mol. The first-order chi connectivity index (χ1) is 16.3. The van der Waals surface area contributed by atoms with Crippen molar-refractivity contribution in [2.75, 3.05) is 45.9 Å². The molecule has 0 bridgehead atoms. The van der Waals surface area contributed by atoms with Crippen LogP contribution in [0.5, 0.6) is 0 Å². The molecule has 0 radical (unpaired) electrons. The van der Waals surface area contributed by atoms with Gasteiger partial charge in [-0.25, -0.2) is 13.2 Å². The molecule has 2 aliphatic rings. The highest BCUT2D eigenvalue weighted by Crippen LogP contribution is 2.27. The number of hydrogen-bond acceptors (Lipinski definition) is 5. The number of aromatic nitrogens is 1. The Labute approximate surface area is 201 Å². The van der Waals surface area contributed by atoms with Crippen molar-refractivity contribution < 1.29 is 22.7 Å². The Balaban J connectivity index is 1.47. The predicted molar refractivity (Wildman–Crippen MR) is 129 cm³/mol. The van der Waals surface area contributed by atoms with Crippen LogP contribution < -0.4 is 0 Å². The second kappa shape index (κ2) is 10.4. The van der Waals surface area contributed by atoms with Crippen molar-refractivity contribution in [2.24, 2.45) is 0 Å². The molecule has 2 aliphatic heterocycles. The molecule has 3 heterocycles. The molecular formula is C24H34N4O5S. The number of carbonyl (C=O) groups is 2. The molecule has 1 unspecified atom stereocenters. The monoisotopic (exact) mass is 490 g/mol. The summed E-state index contributed by atoms with van der Waals surface area (Å²) < 4.78 is 34.9.